The van der Waals surface area contributed by atoms with Crippen LogP contribution < -0.4 is 5.32 Å². The Morgan fingerprint density at radius 1 is 1.39 bits per heavy atom. The fraction of sp³-hybridized carbons (Fsp3) is 1.00. The van der Waals surface area contributed by atoms with E-state index in [1.807, 2.05) is 11.8 Å². The Kier molecular flexibility index (Phi) is 5.84. The van der Waals surface area contributed by atoms with E-state index in [-0.39, 0.29) is 0 Å². The molecule has 1 N–H and O–H groups in total. The summed E-state index contributed by atoms with van der Waals surface area (Å²) in [5.41, 5.74) is 0.631. The third-order valence-electron chi connectivity index (χ3n) is 5.09. The molecule has 3 unspecified atom stereocenters. The fourth-order valence-corrected chi connectivity index (χ4v) is 4.68. The van der Waals surface area contributed by atoms with Gasteiger partial charge in [-0.05, 0) is 61.4 Å². The van der Waals surface area contributed by atoms with Crippen LogP contribution in [0.25, 0.3) is 0 Å². The lowest BCUT2D eigenvalue weighted by Gasteiger charge is -2.38. The minimum atomic E-state index is 0.631. The zero-order valence-electron chi connectivity index (χ0n) is 12.0. The lowest BCUT2D eigenvalue weighted by atomic mass is 9.70. The van der Waals surface area contributed by atoms with Gasteiger partial charge in [0.25, 0.3) is 0 Å². The number of hydrogen-bond acceptors (Lipinski definition) is 3. The van der Waals surface area contributed by atoms with Crippen LogP contribution >= 0.6 is 11.8 Å². The molecule has 0 aromatic rings. The summed E-state index contributed by atoms with van der Waals surface area (Å²) in [5.74, 6) is 3.39. The molecule has 18 heavy (non-hydrogen) atoms. The standard InChI is InChI=1S/C15H29NOS/c1-17-8-7-16-12-15(6-3-9-18-2)11-13-4-5-14(15)10-13/h13-14,16H,3-12H2,1-2H3. The number of fused-ring (bicyclic) bond motifs is 2. The summed E-state index contributed by atoms with van der Waals surface area (Å²) in [6.07, 6.45) is 11.1. The van der Waals surface area contributed by atoms with Crippen molar-refractivity contribution in [3.05, 3.63) is 0 Å². The Hall–Kier alpha value is 0.270. The van der Waals surface area contributed by atoms with E-state index in [0.717, 1.165) is 25.0 Å². The summed E-state index contributed by atoms with van der Waals surface area (Å²) >= 11 is 2.00. The van der Waals surface area contributed by atoms with Crippen LogP contribution in [0, 0.1) is 17.3 Å². The molecule has 2 saturated carbocycles. The van der Waals surface area contributed by atoms with Crippen molar-refractivity contribution in [3.63, 3.8) is 0 Å². The number of rotatable bonds is 9. The van der Waals surface area contributed by atoms with Crippen molar-refractivity contribution >= 4 is 11.8 Å². The lowest BCUT2D eigenvalue weighted by Crippen LogP contribution is -2.39. The molecule has 2 fully saturated rings. The summed E-state index contributed by atoms with van der Waals surface area (Å²) in [6, 6.07) is 0. The van der Waals surface area contributed by atoms with E-state index >= 15 is 0 Å². The van der Waals surface area contributed by atoms with Gasteiger partial charge in [0.1, 0.15) is 0 Å². The fourth-order valence-electron chi connectivity index (χ4n) is 4.25. The Bertz CT molecular complexity index is 249. The van der Waals surface area contributed by atoms with Gasteiger partial charge in [0.05, 0.1) is 6.61 Å². The van der Waals surface area contributed by atoms with Gasteiger partial charge in [-0.1, -0.05) is 6.42 Å². The quantitative estimate of drug-likeness (QED) is 0.651. The molecule has 3 heteroatoms. The van der Waals surface area contributed by atoms with Gasteiger partial charge in [-0.25, -0.2) is 0 Å². The lowest BCUT2D eigenvalue weighted by molar-refractivity contribution is 0.133. The number of methoxy groups -OCH3 is 1. The maximum atomic E-state index is 5.13. The molecule has 0 saturated heterocycles. The van der Waals surface area contributed by atoms with E-state index < -0.39 is 0 Å². The van der Waals surface area contributed by atoms with Crippen LogP contribution in [0.5, 0.6) is 0 Å². The highest BCUT2D eigenvalue weighted by Gasteiger charge is 2.49. The molecule has 2 aliphatic rings. The van der Waals surface area contributed by atoms with Crippen molar-refractivity contribution in [2.45, 2.75) is 38.5 Å². The summed E-state index contributed by atoms with van der Waals surface area (Å²) in [4.78, 5) is 0. The highest BCUT2D eigenvalue weighted by molar-refractivity contribution is 7.98. The van der Waals surface area contributed by atoms with E-state index in [2.05, 4.69) is 11.6 Å². The van der Waals surface area contributed by atoms with Crippen molar-refractivity contribution in [2.75, 3.05) is 38.8 Å². The van der Waals surface area contributed by atoms with E-state index in [0.29, 0.717) is 5.41 Å². The van der Waals surface area contributed by atoms with E-state index in [1.54, 1.807) is 7.11 Å². The largest absolute Gasteiger partial charge is 0.383 e. The average Bonchev–Trinajstić information content (AvgIpc) is 2.96. The average molecular weight is 271 g/mol. The molecule has 106 valence electrons. The van der Waals surface area contributed by atoms with Crippen molar-refractivity contribution in [3.8, 4) is 0 Å². The summed E-state index contributed by atoms with van der Waals surface area (Å²) in [6.45, 7) is 3.08. The molecule has 0 amide bonds. The number of hydrogen-bond donors (Lipinski definition) is 1. The molecule has 0 spiro atoms. The first kappa shape index (κ1) is 14.7. The summed E-state index contributed by atoms with van der Waals surface area (Å²) < 4.78 is 5.13. The number of ether oxygens (including phenoxy) is 1. The molecule has 3 atom stereocenters. The molecular formula is C15H29NOS. The van der Waals surface area contributed by atoms with Crippen molar-refractivity contribution in [1.29, 1.82) is 0 Å². The van der Waals surface area contributed by atoms with Crippen LogP contribution in [-0.2, 0) is 4.74 Å². The first-order valence-electron chi connectivity index (χ1n) is 7.49. The molecule has 0 radical (unpaired) electrons. The maximum absolute atomic E-state index is 5.13. The van der Waals surface area contributed by atoms with Crippen molar-refractivity contribution in [2.24, 2.45) is 17.3 Å². The molecule has 2 bridgehead atoms. The normalized spacial score (nSPS) is 34.3. The second-order valence-corrected chi connectivity index (χ2v) is 7.19. The second-order valence-electron chi connectivity index (χ2n) is 6.21. The Morgan fingerprint density at radius 3 is 2.89 bits per heavy atom. The van der Waals surface area contributed by atoms with E-state index in [1.165, 1.54) is 50.8 Å². The number of nitrogens with one attached hydrogen (secondary N) is 1. The molecule has 0 heterocycles. The van der Waals surface area contributed by atoms with Crippen LogP contribution in [0.15, 0.2) is 0 Å². The van der Waals surface area contributed by atoms with Crippen LogP contribution in [0.1, 0.15) is 38.5 Å². The van der Waals surface area contributed by atoms with Gasteiger partial charge < -0.3 is 10.1 Å². The van der Waals surface area contributed by atoms with Gasteiger partial charge in [-0.15, -0.1) is 0 Å². The van der Waals surface area contributed by atoms with E-state index in [4.69, 9.17) is 4.74 Å². The molecule has 2 aliphatic carbocycles. The predicted molar refractivity (Wildman–Crippen MR) is 80.2 cm³/mol. The number of thioether (sulfide) groups is 1. The second kappa shape index (κ2) is 7.16. The summed E-state index contributed by atoms with van der Waals surface area (Å²) in [5, 5.41) is 3.65. The maximum Gasteiger partial charge on any atom is 0.0587 e. The topological polar surface area (TPSA) is 21.3 Å². The Morgan fingerprint density at radius 2 is 2.28 bits per heavy atom. The van der Waals surface area contributed by atoms with Gasteiger partial charge in [0.2, 0.25) is 0 Å². The predicted octanol–water partition coefficient (Wildman–Crippen LogP) is 3.17. The van der Waals surface area contributed by atoms with Crippen molar-refractivity contribution in [1.82, 2.24) is 5.32 Å². The smallest absolute Gasteiger partial charge is 0.0587 e. The highest BCUT2D eigenvalue weighted by Crippen LogP contribution is 2.57. The van der Waals surface area contributed by atoms with Crippen LogP contribution in [0.4, 0.5) is 0 Å². The zero-order valence-corrected chi connectivity index (χ0v) is 12.9. The van der Waals surface area contributed by atoms with Gasteiger partial charge in [-0.3, -0.25) is 0 Å². The minimum Gasteiger partial charge on any atom is -0.383 e. The Labute approximate surface area is 117 Å². The van der Waals surface area contributed by atoms with Gasteiger partial charge >= 0.3 is 0 Å². The Balaban J connectivity index is 1.82. The molecule has 0 aliphatic heterocycles. The van der Waals surface area contributed by atoms with Crippen LogP contribution in [0.3, 0.4) is 0 Å². The minimum absolute atomic E-state index is 0.631. The third kappa shape index (κ3) is 3.43. The van der Waals surface area contributed by atoms with Crippen LogP contribution in [0.2, 0.25) is 0 Å². The molecule has 0 aromatic carbocycles. The summed E-state index contributed by atoms with van der Waals surface area (Å²) in [7, 11) is 1.79. The molecule has 2 nitrogen and oxygen atoms in total. The highest BCUT2D eigenvalue weighted by atomic mass is 32.2. The first-order valence-corrected chi connectivity index (χ1v) is 8.89. The molecule has 0 aromatic heterocycles. The van der Waals surface area contributed by atoms with Crippen molar-refractivity contribution < 1.29 is 4.74 Å². The first-order chi connectivity index (χ1) is 8.80. The van der Waals surface area contributed by atoms with Crippen LogP contribution in [-0.4, -0.2) is 38.8 Å². The molecule has 2 rings (SSSR count). The van der Waals surface area contributed by atoms with Gasteiger partial charge in [0.15, 0.2) is 0 Å². The zero-order chi connectivity index (χ0) is 12.8. The third-order valence-corrected chi connectivity index (χ3v) is 5.78. The SMILES string of the molecule is COCCNCC1(CCCSC)CC2CCC1C2. The van der Waals surface area contributed by atoms with E-state index in [9.17, 15) is 0 Å². The van der Waals surface area contributed by atoms with Gasteiger partial charge in [-0.2, -0.15) is 11.8 Å². The molecular weight excluding hydrogens is 242 g/mol. The monoisotopic (exact) mass is 271 g/mol. The van der Waals surface area contributed by atoms with Gasteiger partial charge in [0, 0.05) is 20.2 Å².